The molecule has 0 amide bonds. The summed E-state index contributed by atoms with van der Waals surface area (Å²) >= 11 is 5.92. The van der Waals surface area contributed by atoms with Crippen molar-refractivity contribution in [2.75, 3.05) is 13.2 Å². The molecule has 7 heteroatoms. The second-order valence-electron chi connectivity index (χ2n) is 7.39. The Hall–Kier alpha value is -2.89. The molecule has 0 fully saturated rings. The average molecular weight is 472 g/mol. The third-order valence-electron chi connectivity index (χ3n) is 5.25. The molecule has 0 aliphatic heterocycles. The summed E-state index contributed by atoms with van der Waals surface area (Å²) in [5, 5.41) is 9.43. The zero-order chi connectivity index (χ0) is 21.6. The third kappa shape index (κ3) is 5.47. The van der Waals surface area contributed by atoms with Crippen LogP contribution in [0.15, 0.2) is 72.8 Å². The summed E-state index contributed by atoms with van der Waals surface area (Å²) in [6.45, 7) is 4.44. The van der Waals surface area contributed by atoms with E-state index in [1.807, 2.05) is 76.7 Å². The van der Waals surface area contributed by atoms with Crippen molar-refractivity contribution in [2.45, 2.75) is 26.4 Å². The van der Waals surface area contributed by atoms with Crippen molar-refractivity contribution in [3.8, 4) is 11.5 Å². The number of benzene rings is 3. The maximum Gasteiger partial charge on any atom is 0.203 e. The van der Waals surface area contributed by atoms with E-state index in [1.165, 1.54) is 0 Å². The van der Waals surface area contributed by atoms with Crippen LogP contribution < -0.4 is 15.1 Å². The molecule has 3 aromatic carbocycles. The molecule has 0 aliphatic carbocycles. The van der Waals surface area contributed by atoms with E-state index in [2.05, 4.69) is 12.1 Å². The average Bonchev–Trinajstić information content (AvgIpc) is 3.05. The van der Waals surface area contributed by atoms with Gasteiger partial charge in [0.25, 0.3) is 0 Å². The Morgan fingerprint density at radius 1 is 0.781 bits per heavy atom. The number of nitrogens with zero attached hydrogens (tertiary/aromatic N) is 2. The molecule has 0 spiro atoms. The molecular formula is C25H27Cl2N3O2. The van der Waals surface area contributed by atoms with Crippen LogP contribution in [-0.4, -0.2) is 22.3 Å². The van der Waals surface area contributed by atoms with Crippen molar-refractivity contribution in [1.29, 1.82) is 5.41 Å². The molecule has 4 rings (SSSR count). The molecule has 0 saturated carbocycles. The smallest absolute Gasteiger partial charge is 0.203 e. The van der Waals surface area contributed by atoms with Crippen LogP contribution in [0.4, 0.5) is 0 Å². The lowest BCUT2D eigenvalue weighted by Gasteiger charge is -2.10. The van der Waals surface area contributed by atoms with Crippen LogP contribution in [0.25, 0.3) is 11.0 Å². The first kappa shape index (κ1) is 23.8. The van der Waals surface area contributed by atoms with Crippen LogP contribution in [0, 0.1) is 12.3 Å². The molecule has 0 saturated heterocycles. The summed E-state index contributed by atoms with van der Waals surface area (Å²) in [7, 11) is 0. The molecule has 0 radical (unpaired) electrons. The number of aromatic nitrogens is 2. The number of para-hydroxylation sites is 3. The highest BCUT2D eigenvalue weighted by atomic mass is 35.5. The van der Waals surface area contributed by atoms with E-state index in [4.69, 9.17) is 26.5 Å². The van der Waals surface area contributed by atoms with Crippen LogP contribution in [0.1, 0.15) is 12.0 Å². The minimum atomic E-state index is 0. The standard InChI is InChI=1S/C25H26ClN3O2.ClH/c1-19-7-2-5-10-24(19)31-18-16-29-23-9-4-3-8-22(23)28(25(29)27)15-6-17-30-21-13-11-20(26)12-14-21;/h2-5,7-14,27H,6,15-18H2,1H3;1H. The van der Waals surface area contributed by atoms with Gasteiger partial charge in [-0.25, -0.2) is 0 Å². The lowest BCUT2D eigenvalue weighted by molar-refractivity contribution is 0.291. The van der Waals surface area contributed by atoms with Crippen molar-refractivity contribution in [3.63, 3.8) is 0 Å². The second kappa shape index (κ2) is 11.1. The maximum atomic E-state index is 8.74. The highest BCUT2D eigenvalue weighted by Crippen LogP contribution is 2.18. The molecule has 168 valence electrons. The molecule has 0 aliphatic rings. The Balaban J connectivity index is 0.00000289. The summed E-state index contributed by atoms with van der Waals surface area (Å²) in [5.74, 6) is 1.69. The quantitative estimate of drug-likeness (QED) is 0.311. The maximum absolute atomic E-state index is 8.74. The second-order valence-corrected chi connectivity index (χ2v) is 7.82. The predicted molar refractivity (Wildman–Crippen MR) is 131 cm³/mol. The van der Waals surface area contributed by atoms with Gasteiger partial charge in [0.1, 0.15) is 18.1 Å². The Labute approximate surface area is 199 Å². The molecule has 1 heterocycles. The summed E-state index contributed by atoms with van der Waals surface area (Å²) in [6, 6.07) is 23.5. The highest BCUT2D eigenvalue weighted by Gasteiger charge is 2.10. The number of hydrogen-bond donors (Lipinski definition) is 1. The van der Waals surface area contributed by atoms with Crippen LogP contribution in [0.3, 0.4) is 0 Å². The topological polar surface area (TPSA) is 52.2 Å². The van der Waals surface area contributed by atoms with Gasteiger partial charge in [-0.15, -0.1) is 12.4 Å². The first-order chi connectivity index (χ1) is 15.1. The van der Waals surface area contributed by atoms with Crippen molar-refractivity contribution < 1.29 is 9.47 Å². The molecule has 5 nitrogen and oxygen atoms in total. The minimum Gasteiger partial charge on any atom is -0.494 e. The van der Waals surface area contributed by atoms with E-state index in [-0.39, 0.29) is 12.4 Å². The molecule has 1 aromatic heterocycles. The SMILES string of the molecule is Cc1ccccc1OCCn1c(=N)n(CCCOc2ccc(Cl)cc2)c2ccccc21.Cl. The predicted octanol–water partition coefficient (Wildman–Crippen LogP) is 5.85. The minimum absolute atomic E-state index is 0. The van der Waals surface area contributed by atoms with Gasteiger partial charge in [0.05, 0.1) is 24.2 Å². The van der Waals surface area contributed by atoms with E-state index in [1.54, 1.807) is 0 Å². The lowest BCUT2D eigenvalue weighted by atomic mass is 10.2. The number of imidazole rings is 1. The van der Waals surface area contributed by atoms with E-state index < -0.39 is 0 Å². The van der Waals surface area contributed by atoms with Gasteiger partial charge in [0, 0.05) is 11.6 Å². The van der Waals surface area contributed by atoms with Gasteiger partial charge in [0.15, 0.2) is 0 Å². The zero-order valence-corrected chi connectivity index (χ0v) is 19.5. The number of nitrogens with one attached hydrogen (secondary N) is 1. The first-order valence-corrected chi connectivity index (χ1v) is 10.8. The molecular weight excluding hydrogens is 445 g/mol. The van der Waals surface area contributed by atoms with Crippen LogP contribution in [0.2, 0.25) is 5.02 Å². The molecule has 0 atom stereocenters. The third-order valence-corrected chi connectivity index (χ3v) is 5.50. The van der Waals surface area contributed by atoms with Crippen LogP contribution >= 0.6 is 24.0 Å². The monoisotopic (exact) mass is 471 g/mol. The van der Waals surface area contributed by atoms with Gasteiger partial charge < -0.3 is 18.6 Å². The zero-order valence-electron chi connectivity index (χ0n) is 18.0. The summed E-state index contributed by atoms with van der Waals surface area (Å²) < 4.78 is 15.8. The molecule has 1 N–H and O–H groups in total. The Morgan fingerprint density at radius 3 is 2.09 bits per heavy atom. The van der Waals surface area contributed by atoms with Gasteiger partial charge >= 0.3 is 0 Å². The van der Waals surface area contributed by atoms with Crippen molar-refractivity contribution in [3.05, 3.63) is 89.0 Å². The molecule has 0 bridgehead atoms. The van der Waals surface area contributed by atoms with Gasteiger partial charge in [-0.3, -0.25) is 5.41 Å². The molecule has 32 heavy (non-hydrogen) atoms. The summed E-state index contributed by atoms with van der Waals surface area (Å²) in [6.07, 6.45) is 0.799. The summed E-state index contributed by atoms with van der Waals surface area (Å²) in [5.41, 5.74) is 3.68. The van der Waals surface area contributed by atoms with E-state index in [9.17, 15) is 0 Å². The van der Waals surface area contributed by atoms with Crippen molar-refractivity contribution in [2.24, 2.45) is 0 Å². The van der Waals surface area contributed by atoms with Gasteiger partial charge in [0.2, 0.25) is 5.62 Å². The number of aryl methyl sites for hydroxylation is 2. The fraction of sp³-hybridized carbons (Fsp3) is 0.240. The number of halogens is 2. The highest BCUT2D eigenvalue weighted by molar-refractivity contribution is 6.30. The first-order valence-electron chi connectivity index (χ1n) is 10.4. The number of rotatable bonds is 9. The van der Waals surface area contributed by atoms with Crippen LogP contribution in [-0.2, 0) is 13.1 Å². The normalized spacial score (nSPS) is 10.7. The van der Waals surface area contributed by atoms with E-state index in [0.717, 1.165) is 34.5 Å². The fourth-order valence-corrected chi connectivity index (χ4v) is 3.78. The van der Waals surface area contributed by atoms with Crippen LogP contribution in [0.5, 0.6) is 11.5 Å². The lowest BCUT2D eigenvalue weighted by Crippen LogP contribution is -2.27. The van der Waals surface area contributed by atoms with Gasteiger partial charge in [-0.05, 0) is 61.4 Å². The Morgan fingerprint density at radius 2 is 1.41 bits per heavy atom. The Bertz CT molecular complexity index is 1220. The van der Waals surface area contributed by atoms with E-state index in [0.29, 0.717) is 36.9 Å². The Kier molecular flexibility index (Phi) is 8.26. The largest absolute Gasteiger partial charge is 0.494 e. The fourth-order valence-electron chi connectivity index (χ4n) is 3.66. The van der Waals surface area contributed by atoms with E-state index >= 15 is 0 Å². The van der Waals surface area contributed by atoms with Gasteiger partial charge in [-0.2, -0.15) is 0 Å². The number of ether oxygens (including phenoxy) is 2. The van der Waals surface area contributed by atoms with Crippen molar-refractivity contribution in [1.82, 2.24) is 9.13 Å². The van der Waals surface area contributed by atoms with Gasteiger partial charge in [-0.1, -0.05) is 41.9 Å². The number of fused-ring (bicyclic) bond motifs is 1. The molecule has 4 aromatic rings. The molecule has 0 unspecified atom stereocenters. The van der Waals surface area contributed by atoms with Crippen molar-refractivity contribution >= 4 is 35.0 Å². The summed E-state index contributed by atoms with van der Waals surface area (Å²) in [4.78, 5) is 0. The number of hydrogen-bond acceptors (Lipinski definition) is 3.